The maximum atomic E-state index is 11.1. The van der Waals surface area contributed by atoms with Gasteiger partial charge in [-0.25, -0.2) is 19.7 Å². The molecule has 0 spiro atoms. The molecule has 4 rings (SSSR count). The number of amides is 1. The van der Waals surface area contributed by atoms with Crippen molar-refractivity contribution in [1.29, 1.82) is 5.41 Å². The first-order chi connectivity index (χ1) is 16.6. The number of anilines is 1. The van der Waals surface area contributed by atoms with Gasteiger partial charge < -0.3 is 20.1 Å². The molecule has 1 amide bonds. The molecule has 190 valence electrons. The third kappa shape index (κ3) is 5.47. The Labute approximate surface area is 205 Å². The summed E-state index contributed by atoms with van der Waals surface area (Å²) in [7, 11) is 0. The molecule has 10 nitrogen and oxygen atoms in total. The van der Waals surface area contributed by atoms with Gasteiger partial charge in [0.15, 0.2) is 23.1 Å². The molecule has 0 bridgehead atoms. The summed E-state index contributed by atoms with van der Waals surface area (Å²) in [6.07, 6.45) is 8.52. The molecule has 2 aliphatic rings. The summed E-state index contributed by atoms with van der Waals surface area (Å²) in [6.45, 7) is 10.1. The van der Waals surface area contributed by atoms with E-state index in [1.54, 1.807) is 13.8 Å². The van der Waals surface area contributed by atoms with Gasteiger partial charge in [-0.1, -0.05) is 12.5 Å². The third-order valence-electron chi connectivity index (χ3n) is 7.49. The largest absolute Gasteiger partial charge is 0.465 e. The van der Waals surface area contributed by atoms with Crippen LogP contribution in [-0.4, -0.2) is 47.7 Å². The Kier molecular flexibility index (Phi) is 7.12. The van der Waals surface area contributed by atoms with Crippen LogP contribution in [0.4, 0.5) is 10.6 Å². The molecule has 2 saturated carbocycles. The van der Waals surface area contributed by atoms with E-state index in [-0.39, 0.29) is 11.9 Å². The van der Waals surface area contributed by atoms with E-state index in [0.717, 1.165) is 38.5 Å². The molecule has 0 aliphatic heterocycles. The minimum absolute atomic E-state index is 0.0540. The molecule has 10 heteroatoms. The fraction of sp³-hybridized carbons (Fsp3) is 0.640. The third-order valence-corrected chi connectivity index (χ3v) is 7.49. The lowest BCUT2D eigenvalue weighted by molar-refractivity contribution is 0.0637. The van der Waals surface area contributed by atoms with Gasteiger partial charge in [0, 0.05) is 12.6 Å². The van der Waals surface area contributed by atoms with Gasteiger partial charge in [0.05, 0.1) is 0 Å². The van der Waals surface area contributed by atoms with Crippen LogP contribution in [0, 0.1) is 23.2 Å². The Morgan fingerprint density at radius 3 is 2.46 bits per heavy atom. The lowest BCUT2D eigenvalue weighted by atomic mass is 9.80. The first-order valence-electron chi connectivity index (χ1n) is 12.6. The molecule has 1 atom stereocenters. The first kappa shape index (κ1) is 25.1. The summed E-state index contributed by atoms with van der Waals surface area (Å²) in [4.78, 5) is 24.8. The van der Waals surface area contributed by atoms with Crippen molar-refractivity contribution in [2.24, 2.45) is 17.8 Å². The van der Waals surface area contributed by atoms with E-state index in [2.05, 4.69) is 33.8 Å². The van der Waals surface area contributed by atoms with Crippen LogP contribution in [-0.2, 0) is 12.1 Å². The number of nitrogens with one attached hydrogen (secondary N) is 3. The predicted octanol–water partition coefficient (Wildman–Crippen LogP) is 4.24. The van der Waals surface area contributed by atoms with E-state index in [4.69, 9.17) is 10.5 Å². The lowest BCUT2D eigenvalue weighted by Gasteiger charge is -2.32. The van der Waals surface area contributed by atoms with Crippen LogP contribution in [0.5, 0.6) is 0 Å². The van der Waals surface area contributed by atoms with E-state index >= 15 is 0 Å². The molecule has 2 aliphatic carbocycles. The van der Waals surface area contributed by atoms with Gasteiger partial charge in [-0.3, -0.25) is 10.7 Å². The minimum atomic E-state index is -1.35. The quantitative estimate of drug-likeness (QED) is 0.214. The Hall–Kier alpha value is -3.01. The SMILES string of the molecule is C=C[C@H]1CC[C@H](Cn2c(C(C)(C)O)nc3nc(C(=N)NC(=O)O)nc(N[C@H](C)C4CCC4)c32)CC1. The van der Waals surface area contributed by atoms with E-state index in [0.29, 0.717) is 47.1 Å². The smallest absolute Gasteiger partial charge is 0.410 e. The highest BCUT2D eigenvalue weighted by Crippen LogP contribution is 2.36. The molecular weight excluding hydrogens is 446 g/mol. The fourth-order valence-electron chi connectivity index (χ4n) is 5.19. The number of hydrogen-bond acceptors (Lipinski definition) is 7. The molecule has 2 aromatic rings. The van der Waals surface area contributed by atoms with Gasteiger partial charge in [0.1, 0.15) is 16.9 Å². The molecule has 0 radical (unpaired) electrons. The standard InChI is InChI=1S/C25H37N7O3/c1-5-15-9-11-16(12-10-15)13-32-18-20(27-14(2)17-7-6-8-17)29-22(19(26)28-24(33)34)30-21(18)31-23(32)25(3,4)35/h5,14-17,35H,1,6-13H2,2-4H3,(H2,26,28)(H,33,34)(H,27,29,30)/t14-,15-,16-/m1/s1. The number of fused-ring (bicyclic) bond motifs is 1. The number of rotatable bonds is 8. The van der Waals surface area contributed by atoms with Crippen LogP contribution in [0.3, 0.4) is 0 Å². The average molecular weight is 484 g/mol. The highest BCUT2D eigenvalue weighted by Gasteiger charge is 2.32. The maximum Gasteiger partial charge on any atom is 0.410 e. The predicted molar refractivity (Wildman–Crippen MR) is 135 cm³/mol. The number of aliphatic hydroxyl groups is 1. The number of hydrogen-bond donors (Lipinski definition) is 5. The Balaban J connectivity index is 1.79. The summed E-state index contributed by atoms with van der Waals surface area (Å²) >= 11 is 0. The monoisotopic (exact) mass is 483 g/mol. The normalized spacial score (nSPS) is 21.8. The summed E-state index contributed by atoms with van der Waals surface area (Å²) in [5.74, 6) is 2.04. The van der Waals surface area contributed by atoms with Gasteiger partial charge in [0.25, 0.3) is 0 Å². The van der Waals surface area contributed by atoms with Gasteiger partial charge in [0.2, 0.25) is 0 Å². The van der Waals surface area contributed by atoms with Crippen molar-refractivity contribution in [1.82, 2.24) is 24.8 Å². The zero-order valence-electron chi connectivity index (χ0n) is 20.8. The van der Waals surface area contributed by atoms with Crippen molar-refractivity contribution in [3.63, 3.8) is 0 Å². The van der Waals surface area contributed by atoms with Crippen LogP contribution in [0.1, 0.15) is 77.4 Å². The lowest BCUT2D eigenvalue weighted by Crippen LogP contribution is -2.33. The molecule has 2 aromatic heterocycles. The average Bonchev–Trinajstić information content (AvgIpc) is 3.11. The highest BCUT2D eigenvalue weighted by molar-refractivity contribution is 6.03. The molecule has 35 heavy (non-hydrogen) atoms. The zero-order chi connectivity index (χ0) is 25.3. The second-order valence-electron chi connectivity index (χ2n) is 10.6. The van der Waals surface area contributed by atoms with Crippen molar-refractivity contribution in [2.45, 2.75) is 83.9 Å². The fourth-order valence-corrected chi connectivity index (χ4v) is 5.19. The summed E-state index contributed by atoms with van der Waals surface area (Å²) in [5, 5.41) is 33.7. The first-order valence-corrected chi connectivity index (χ1v) is 12.6. The summed E-state index contributed by atoms with van der Waals surface area (Å²) in [5.41, 5.74) is -0.193. The van der Waals surface area contributed by atoms with Crippen molar-refractivity contribution in [3.05, 3.63) is 24.3 Å². The van der Waals surface area contributed by atoms with E-state index in [1.165, 1.54) is 6.42 Å². The molecule has 0 unspecified atom stereocenters. The zero-order valence-corrected chi connectivity index (χ0v) is 20.8. The van der Waals surface area contributed by atoms with Crippen molar-refractivity contribution in [3.8, 4) is 0 Å². The van der Waals surface area contributed by atoms with Crippen molar-refractivity contribution < 1.29 is 15.0 Å². The number of amidine groups is 1. The molecule has 0 aromatic carbocycles. The molecule has 5 N–H and O–H groups in total. The minimum Gasteiger partial charge on any atom is -0.465 e. The molecule has 0 saturated heterocycles. The number of allylic oxidation sites excluding steroid dienone is 1. The van der Waals surface area contributed by atoms with Gasteiger partial charge in [-0.05, 0) is 77.0 Å². The number of aromatic nitrogens is 4. The second kappa shape index (κ2) is 9.93. The maximum absolute atomic E-state index is 11.1. The van der Waals surface area contributed by atoms with Crippen LogP contribution in [0.25, 0.3) is 11.2 Å². The Morgan fingerprint density at radius 2 is 1.91 bits per heavy atom. The van der Waals surface area contributed by atoms with Crippen LogP contribution in [0.15, 0.2) is 12.7 Å². The summed E-state index contributed by atoms with van der Waals surface area (Å²) < 4.78 is 2.03. The number of imidazole rings is 1. The van der Waals surface area contributed by atoms with Crippen molar-refractivity contribution >= 4 is 28.9 Å². The van der Waals surface area contributed by atoms with E-state index in [9.17, 15) is 9.90 Å². The number of carbonyl (C=O) groups is 1. The Morgan fingerprint density at radius 1 is 1.23 bits per heavy atom. The Bertz CT molecular complexity index is 1110. The van der Waals surface area contributed by atoms with Crippen LogP contribution in [0.2, 0.25) is 0 Å². The molecule has 2 heterocycles. The molecular formula is C25H37N7O3. The highest BCUT2D eigenvalue weighted by atomic mass is 16.4. The second-order valence-corrected chi connectivity index (χ2v) is 10.6. The summed E-state index contributed by atoms with van der Waals surface area (Å²) in [6, 6.07) is 0.147. The van der Waals surface area contributed by atoms with Crippen LogP contribution < -0.4 is 10.6 Å². The molecule has 2 fully saturated rings. The van der Waals surface area contributed by atoms with Crippen LogP contribution >= 0.6 is 0 Å². The van der Waals surface area contributed by atoms with Crippen molar-refractivity contribution in [2.75, 3.05) is 5.32 Å². The number of carboxylic acid groups (broad SMARTS) is 1. The van der Waals surface area contributed by atoms with Gasteiger partial charge in [-0.15, -0.1) is 6.58 Å². The van der Waals surface area contributed by atoms with Gasteiger partial charge in [-0.2, -0.15) is 0 Å². The number of nitrogens with zero attached hydrogens (tertiary/aromatic N) is 4. The van der Waals surface area contributed by atoms with E-state index in [1.807, 2.05) is 16.0 Å². The topological polar surface area (TPSA) is 149 Å². The van der Waals surface area contributed by atoms with E-state index < -0.39 is 17.5 Å². The van der Waals surface area contributed by atoms with Gasteiger partial charge >= 0.3 is 6.09 Å².